The van der Waals surface area contributed by atoms with Crippen LogP contribution in [0.15, 0.2) is 23.7 Å². The molecule has 0 saturated carbocycles. The van der Waals surface area contributed by atoms with E-state index in [1.165, 1.54) is 23.9 Å². The molecule has 1 heterocycles. The summed E-state index contributed by atoms with van der Waals surface area (Å²) >= 11 is 0. The molecule has 1 aromatic heterocycles. The van der Waals surface area contributed by atoms with Crippen molar-refractivity contribution in [1.29, 1.82) is 0 Å². The fraction of sp³-hybridized carbons (Fsp3) is 0.400. The minimum atomic E-state index is -3.89. The molecule has 0 aliphatic heterocycles. The highest BCUT2D eigenvalue weighted by Crippen LogP contribution is 2.15. The summed E-state index contributed by atoms with van der Waals surface area (Å²) in [6.45, 7) is 4.40. The van der Waals surface area contributed by atoms with Gasteiger partial charge in [0.1, 0.15) is 6.54 Å². The summed E-state index contributed by atoms with van der Waals surface area (Å²) in [6.07, 6.45) is 1.34. The lowest BCUT2D eigenvalue weighted by molar-refractivity contribution is -0.137. The van der Waals surface area contributed by atoms with E-state index < -0.39 is 22.5 Å². The Labute approximate surface area is 105 Å². The third-order valence-corrected chi connectivity index (χ3v) is 4.08. The van der Waals surface area contributed by atoms with Crippen LogP contribution in [0.1, 0.15) is 5.69 Å². The second kappa shape index (κ2) is 5.32. The molecule has 7 nitrogen and oxygen atoms in total. The molecule has 0 aliphatic carbocycles. The first-order valence-electron chi connectivity index (χ1n) is 5.12. The highest BCUT2D eigenvalue weighted by Gasteiger charge is 2.28. The number of nitrogens with zero attached hydrogens (tertiary/aromatic N) is 3. The number of carbonyl (C=O) groups is 1. The first kappa shape index (κ1) is 14.4. The SMILES string of the molecule is C=CCN(CC(=O)O)S(=O)(=O)c1cc(C)nn1C. The highest BCUT2D eigenvalue weighted by molar-refractivity contribution is 7.89. The van der Waals surface area contributed by atoms with Gasteiger partial charge in [-0.05, 0) is 13.0 Å². The zero-order valence-electron chi connectivity index (χ0n) is 10.2. The third kappa shape index (κ3) is 2.96. The van der Waals surface area contributed by atoms with E-state index in [-0.39, 0.29) is 11.6 Å². The van der Waals surface area contributed by atoms with Gasteiger partial charge in [0.2, 0.25) is 0 Å². The smallest absolute Gasteiger partial charge is 0.318 e. The summed E-state index contributed by atoms with van der Waals surface area (Å²) in [7, 11) is -2.39. The number of rotatable bonds is 6. The van der Waals surface area contributed by atoms with E-state index in [4.69, 9.17) is 5.11 Å². The van der Waals surface area contributed by atoms with Crippen molar-refractivity contribution < 1.29 is 18.3 Å². The van der Waals surface area contributed by atoms with E-state index in [0.717, 1.165) is 4.31 Å². The third-order valence-electron chi connectivity index (χ3n) is 2.21. The van der Waals surface area contributed by atoms with Crippen LogP contribution in [0.2, 0.25) is 0 Å². The summed E-state index contributed by atoms with van der Waals surface area (Å²) in [5, 5.41) is 12.6. The molecule has 100 valence electrons. The number of aliphatic carboxylic acids is 1. The van der Waals surface area contributed by atoms with E-state index in [1.807, 2.05) is 0 Å². The Morgan fingerprint density at radius 2 is 2.28 bits per heavy atom. The van der Waals surface area contributed by atoms with Crippen LogP contribution in [-0.4, -0.2) is 46.7 Å². The van der Waals surface area contributed by atoms with E-state index in [2.05, 4.69) is 11.7 Å². The predicted molar refractivity (Wildman–Crippen MR) is 64.5 cm³/mol. The van der Waals surface area contributed by atoms with Crippen molar-refractivity contribution in [3.8, 4) is 0 Å². The Morgan fingerprint density at radius 3 is 2.67 bits per heavy atom. The number of aromatic nitrogens is 2. The molecule has 0 bridgehead atoms. The van der Waals surface area contributed by atoms with Crippen LogP contribution in [-0.2, 0) is 21.9 Å². The second-order valence-electron chi connectivity index (χ2n) is 3.73. The van der Waals surface area contributed by atoms with Crippen LogP contribution in [0.25, 0.3) is 0 Å². The zero-order chi connectivity index (χ0) is 13.9. The second-order valence-corrected chi connectivity index (χ2v) is 5.61. The monoisotopic (exact) mass is 273 g/mol. The number of carboxylic acids is 1. The fourth-order valence-corrected chi connectivity index (χ4v) is 3.04. The van der Waals surface area contributed by atoms with Crippen molar-refractivity contribution in [1.82, 2.24) is 14.1 Å². The van der Waals surface area contributed by atoms with E-state index in [0.29, 0.717) is 5.69 Å². The Morgan fingerprint density at radius 1 is 1.67 bits per heavy atom. The maximum atomic E-state index is 12.2. The van der Waals surface area contributed by atoms with Crippen LogP contribution in [0, 0.1) is 6.92 Å². The molecule has 0 amide bonds. The molecule has 0 unspecified atom stereocenters. The van der Waals surface area contributed by atoms with Gasteiger partial charge in [-0.3, -0.25) is 9.48 Å². The summed E-state index contributed by atoms with van der Waals surface area (Å²) in [4.78, 5) is 10.7. The first-order valence-corrected chi connectivity index (χ1v) is 6.56. The summed E-state index contributed by atoms with van der Waals surface area (Å²) in [6, 6.07) is 1.40. The van der Waals surface area contributed by atoms with Crippen molar-refractivity contribution in [2.45, 2.75) is 11.9 Å². The Hall–Kier alpha value is -1.67. The lowest BCUT2D eigenvalue weighted by Crippen LogP contribution is -2.36. The molecular weight excluding hydrogens is 258 g/mol. The zero-order valence-corrected chi connectivity index (χ0v) is 11.0. The Balaban J connectivity index is 3.20. The van der Waals surface area contributed by atoms with Gasteiger partial charge >= 0.3 is 5.97 Å². The average Bonchev–Trinajstić information content (AvgIpc) is 2.57. The molecule has 1 rings (SSSR count). The van der Waals surface area contributed by atoms with Crippen LogP contribution in [0.5, 0.6) is 0 Å². The molecule has 1 aromatic rings. The van der Waals surface area contributed by atoms with Gasteiger partial charge in [-0.1, -0.05) is 6.08 Å². The highest BCUT2D eigenvalue weighted by atomic mass is 32.2. The number of hydrogen-bond acceptors (Lipinski definition) is 4. The fourth-order valence-electron chi connectivity index (χ4n) is 1.50. The van der Waals surface area contributed by atoms with E-state index in [9.17, 15) is 13.2 Å². The van der Waals surface area contributed by atoms with Gasteiger partial charge in [0, 0.05) is 13.6 Å². The predicted octanol–water partition coefficient (Wildman–Crippen LogP) is -0.0102. The Kier molecular flexibility index (Phi) is 4.25. The molecule has 0 aliphatic rings. The van der Waals surface area contributed by atoms with Gasteiger partial charge < -0.3 is 5.11 Å². The van der Waals surface area contributed by atoms with Crippen molar-refractivity contribution in [3.63, 3.8) is 0 Å². The standard InChI is InChI=1S/C10H15N3O4S/c1-4-5-13(7-10(14)15)18(16,17)9-6-8(2)11-12(9)3/h4,6H,1,5,7H2,2-3H3,(H,14,15). The van der Waals surface area contributed by atoms with Crippen LogP contribution < -0.4 is 0 Å². The summed E-state index contributed by atoms with van der Waals surface area (Å²) in [5.41, 5.74) is 0.546. The van der Waals surface area contributed by atoms with E-state index in [1.54, 1.807) is 6.92 Å². The van der Waals surface area contributed by atoms with Crippen molar-refractivity contribution in [3.05, 3.63) is 24.4 Å². The van der Waals surface area contributed by atoms with Gasteiger partial charge in [0.05, 0.1) is 5.69 Å². The lowest BCUT2D eigenvalue weighted by atomic mass is 10.5. The van der Waals surface area contributed by atoms with Crippen molar-refractivity contribution in [2.24, 2.45) is 7.05 Å². The topological polar surface area (TPSA) is 92.5 Å². The summed E-state index contributed by atoms with van der Waals surface area (Å²) in [5.74, 6) is -1.22. The summed E-state index contributed by atoms with van der Waals surface area (Å²) < 4.78 is 26.5. The van der Waals surface area contributed by atoms with Crippen LogP contribution >= 0.6 is 0 Å². The molecule has 0 aromatic carbocycles. The average molecular weight is 273 g/mol. The number of carboxylic acid groups (broad SMARTS) is 1. The minimum absolute atomic E-state index is 0.0388. The molecule has 0 radical (unpaired) electrons. The molecule has 0 fully saturated rings. The van der Waals surface area contributed by atoms with Gasteiger partial charge in [-0.2, -0.15) is 9.40 Å². The molecule has 0 atom stereocenters. The maximum absolute atomic E-state index is 12.2. The molecule has 0 spiro atoms. The van der Waals surface area contributed by atoms with Crippen LogP contribution in [0.4, 0.5) is 0 Å². The molecular formula is C10H15N3O4S. The molecule has 1 N–H and O–H groups in total. The van der Waals surface area contributed by atoms with E-state index >= 15 is 0 Å². The lowest BCUT2D eigenvalue weighted by Gasteiger charge is -2.18. The molecule has 8 heteroatoms. The number of hydrogen-bond donors (Lipinski definition) is 1. The molecule has 18 heavy (non-hydrogen) atoms. The van der Waals surface area contributed by atoms with Gasteiger partial charge in [0.15, 0.2) is 5.03 Å². The largest absolute Gasteiger partial charge is 0.480 e. The van der Waals surface area contributed by atoms with Gasteiger partial charge in [-0.25, -0.2) is 8.42 Å². The quantitative estimate of drug-likeness (QED) is 0.736. The molecule has 0 saturated heterocycles. The van der Waals surface area contributed by atoms with Gasteiger partial charge in [-0.15, -0.1) is 6.58 Å². The maximum Gasteiger partial charge on any atom is 0.318 e. The van der Waals surface area contributed by atoms with Crippen molar-refractivity contribution >= 4 is 16.0 Å². The minimum Gasteiger partial charge on any atom is -0.480 e. The number of sulfonamides is 1. The van der Waals surface area contributed by atoms with Crippen LogP contribution in [0.3, 0.4) is 0 Å². The number of aryl methyl sites for hydroxylation is 2. The Bertz CT molecular complexity index is 562. The first-order chi connectivity index (χ1) is 8.28. The van der Waals surface area contributed by atoms with Crippen molar-refractivity contribution in [2.75, 3.05) is 13.1 Å². The van der Waals surface area contributed by atoms with Gasteiger partial charge in [0.25, 0.3) is 10.0 Å². The normalized spacial score (nSPS) is 11.7.